The lowest BCUT2D eigenvalue weighted by Crippen LogP contribution is -1.96. The van der Waals surface area contributed by atoms with Crippen molar-refractivity contribution >= 4 is 59.0 Å². The molecular formula is C36H24N2S. The van der Waals surface area contributed by atoms with E-state index in [-0.39, 0.29) is 0 Å². The third-order valence-electron chi connectivity index (χ3n) is 7.73. The molecule has 8 rings (SSSR count). The third kappa shape index (κ3) is 3.48. The second kappa shape index (κ2) is 8.59. The van der Waals surface area contributed by atoms with Crippen LogP contribution in [0, 0.1) is 0 Å². The van der Waals surface area contributed by atoms with Crippen molar-refractivity contribution in [2.24, 2.45) is 0 Å². The quantitative estimate of drug-likeness (QED) is 0.233. The molecule has 0 bridgehead atoms. The third-order valence-corrected chi connectivity index (χ3v) is 8.88. The molecule has 3 heteroatoms. The largest absolute Gasteiger partial charge is 0.399 e. The fourth-order valence-corrected chi connectivity index (χ4v) is 7.00. The number of nitrogens with two attached hydrogens (primary N) is 1. The first kappa shape index (κ1) is 22.2. The van der Waals surface area contributed by atoms with Crippen LogP contribution in [0.1, 0.15) is 0 Å². The Morgan fingerprint density at radius 3 is 1.77 bits per heavy atom. The lowest BCUT2D eigenvalue weighted by atomic mass is 9.99. The molecule has 0 fully saturated rings. The lowest BCUT2D eigenvalue weighted by molar-refractivity contribution is 1.18. The zero-order valence-corrected chi connectivity index (χ0v) is 22.0. The summed E-state index contributed by atoms with van der Waals surface area (Å²) in [7, 11) is 0. The Morgan fingerprint density at radius 1 is 0.462 bits per heavy atom. The summed E-state index contributed by atoms with van der Waals surface area (Å²) < 4.78 is 5.01. The monoisotopic (exact) mass is 516 g/mol. The molecule has 0 saturated heterocycles. The minimum Gasteiger partial charge on any atom is -0.399 e. The molecule has 0 spiro atoms. The Hall–Kier alpha value is -4.86. The Balaban J connectivity index is 1.35. The van der Waals surface area contributed by atoms with Crippen molar-refractivity contribution in [2.45, 2.75) is 0 Å². The number of aromatic nitrogens is 1. The van der Waals surface area contributed by atoms with Crippen molar-refractivity contribution in [3.8, 4) is 27.9 Å². The molecule has 0 saturated carbocycles. The smallest absolute Gasteiger partial charge is 0.0541 e. The zero-order valence-electron chi connectivity index (χ0n) is 21.1. The first-order chi connectivity index (χ1) is 19.2. The maximum absolute atomic E-state index is 6.09. The summed E-state index contributed by atoms with van der Waals surface area (Å²) in [5.41, 5.74) is 15.3. The topological polar surface area (TPSA) is 30.9 Å². The first-order valence-electron chi connectivity index (χ1n) is 13.1. The maximum atomic E-state index is 6.09. The van der Waals surface area contributed by atoms with Gasteiger partial charge in [0.05, 0.1) is 16.7 Å². The molecule has 2 N–H and O–H groups in total. The number of benzene rings is 6. The van der Waals surface area contributed by atoms with Gasteiger partial charge >= 0.3 is 0 Å². The van der Waals surface area contributed by atoms with E-state index in [0.717, 1.165) is 11.3 Å². The molecule has 0 aliphatic heterocycles. The van der Waals surface area contributed by atoms with Gasteiger partial charge in [-0.05, 0) is 71.3 Å². The van der Waals surface area contributed by atoms with Gasteiger partial charge in [0.25, 0.3) is 0 Å². The van der Waals surface area contributed by atoms with Crippen LogP contribution in [0.4, 0.5) is 5.69 Å². The van der Waals surface area contributed by atoms with E-state index in [1.807, 2.05) is 29.5 Å². The molecule has 0 atom stereocenters. The van der Waals surface area contributed by atoms with Gasteiger partial charge in [-0.15, -0.1) is 11.3 Å². The van der Waals surface area contributed by atoms with Crippen molar-refractivity contribution in [1.29, 1.82) is 0 Å². The van der Waals surface area contributed by atoms with E-state index in [1.54, 1.807) is 0 Å². The van der Waals surface area contributed by atoms with Crippen LogP contribution in [0.25, 0.3) is 69.9 Å². The number of thiophene rings is 1. The number of rotatable bonds is 3. The maximum Gasteiger partial charge on any atom is 0.0541 e. The van der Waals surface area contributed by atoms with Gasteiger partial charge in [0.1, 0.15) is 0 Å². The van der Waals surface area contributed by atoms with Crippen molar-refractivity contribution < 1.29 is 0 Å². The van der Waals surface area contributed by atoms with Crippen LogP contribution in [0.15, 0.2) is 133 Å². The summed E-state index contributed by atoms with van der Waals surface area (Å²) >= 11 is 1.85. The standard InChI is InChI=1S/C36H24N2S/c37-26-9-7-8-23(20-26)24-16-18-35-30(21-24)31-22-25(17-19-36(31)39-35)27-10-1-4-13-32(27)38-33-14-5-2-11-28(33)29-12-3-6-15-34(29)38/h1-22H,37H2. The highest BCUT2D eigenvalue weighted by atomic mass is 32.1. The van der Waals surface area contributed by atoms with E-state index in [4.69, 9.17) is 5.73 Å². The summed E-state index contributed by atoms with van der Waals surface area (Å²) in [6, 6.07) is 47.9. The Kier molecular flexibility index (Phi) is 4.88. The number of hydrogen-bond donors (Lipinski definition) is 1. The predicted octanol–water partition coefficient (Wildman–Crippen LogP) is 10.1. The van der Waals surface area contributed by atoms with Crippen LogP contribution in [0.3, 0.4) is 0 Å². The highest BCUT2D eigenvalue weighted by Gasteiger charge is 2.16. The van der Waals surface area contributed by atoms with E-state index < -0.39 is 0 Å². The van der Waals surface area contributed by atoms with Gasteiger partial charge in [-0.1, -0.05) is 78.9 Å². The van der Waals surface area contributed by atoms with Gasteiger partial charge in [-0.25, -0.2) is 0 Å². The summed E-state index contributed by atoms with van der Waals surface area (Å²) in [5, 5.41) is 5.12. The molecule has 8 aromatic rings. The van der Waals surface area contributed by atoms with Gasteiger partial charge < -0.3 is 10.3 Å². The summed E-state index contributed by atoms with van der Waals surface area (Å²) in [6.07, 6.45) is 0. The van der Waals surface area contributed by atoms with Gasteiger partial charge in [0.15, 0.2) is 0 Å². The molecule has 39 heavy (non-hydrogen) atoms. The van der Waals surface area contributed by atoms with E-state index in [9.17, 15) is 0 Å². The summed E-state index contributed by atoms with van der Waals surface area (Å²) in [6.45, 7) is 0. The van der Waals surface area contributed by atoms with Crippen LogP contribution >= 0.6 is 11.3 Å². The van der Waals surface area contributed by atoms with Gasteiger partial charge in [0.2, 0.25) is 0 Å². The molecule has 0 aliphatic carbocycles. The predicted molar refractivity (Wildman–Crippen MR) is 169 cm³/mol. The second-order valence-electron chi connectivity index (χ2n) is 10.0. The fraction of sp³-hybridized carbons (Fsp3) is 0. The molecule has 2 nitrogen and oxygen atoms in total. The van der Waals surface area contributed by atoms with Crippen molar-refractivity contribution in [3.05, 3.63) is 133 Å². The zero-order chi connectivity index (χ0) is 25.9. The van der Waals surface area contributed by atoms with Gasteiger partial charge in [-0.2, -0.15) is 0 Å². The number of anilines is 1. The molecule has 0 unspecified atom stereocenters. The minimum absolute atomic E-state index is 0.784. The van der Waals surface area contributed by atoms with E-state index in [2.05, 4.69) is 120 Å². The Morgan fingerprint density at radius 2 is 1.05 bits per heavy atom. The minimum atomic E-state index is 0.784. The van der Waals surface area contributed by atoms with Crippen LogP contribution < -0.4 is 5.73 Å². The normalized spacial score (nSPS) is 11.7. The second-order valence-corrected chi connectivity index (χ2v) is 11.1. The Labute approximate surface area is 230 Å². The van der Waals surface area contributed by atoms with Crippen LogP contribution in [0.2, 0.25) is 0 Å². The van der Waals surface area contributed by atoms with Gasteiger partial charge in [0, 0.05) is 42.2 Å². The SMILES string of the molecule is Nc1cccc(-c2ccc3sc4ccc(-c5ccccc5-n5c6ccccc6c6ccccc65)cc4c3c2)c1. The average molecular weight is 517 g/mol. The van der Waals surface area contributed by atoms with Gasteiger partial charge in [-0.3, -0.25) is 0 Å². The number of nitrogen functional groups attached to an aromatic ring is 1. The number of fused-ring (bicyclic) bond motifs is 6. The molecule has 0 amide bonds. The summed E-state index contributed by atoms with van der Waals surface area (Å²) in [5.74, 6) is 0. The molecule has 0 radical (unpaired) electrons. The van der Waals surface area contributed by atoms with E-state index in [1.165, 1.54) is 64.4 Å². The molecule has 2 aromatic heterocycles. The summed E-state index contributed by atoms with van der Waals surface area (Å²) in [4.78, 5) is 0. The van der Waals surface area contributed by atoms with Crippen LogP contribution in [-0.4, -0.2) is 4.57 Å². The van der Waals surface area contributed by atoms with Crippen molar-refractivity contribution in [2.75, 3.05) is 5.73 Å². The van der Waals surface area contributed by atoms with Crippen LogP contribution in [-0.2, 0) is 0 Å². The van der Waals surface area contributed by atoms with Crippen molar-refractivity contribution in [1.82, 2.24) is 4.57 Å². The highest BCUT2D eigenvalue weighted by molar-refractivity contribution is 7.25. The lowest BCUT2D eigenvalue weighted by Gasteiger charge is -2.14. The number of nitrogens with zero attached hydrogens (tertiary/aromatic N) is 1. The number of para-hydroxylation sites is 3. The highest BCUT2D eigenvalue weighted by Crippen LogP contribution is 2.41. The van der Waals surface area contributed by atoms with Crippen molar-refractivity contribution in [3.63, 3.8) is 0 Å². The molecular weight excluding hydrogens is 492 g/mol. The van der Waals surface area contributed by atoms with Crippen LogP contribution in [0.5, 0.6) is 0 Å². The van der Waals surface area contributed by atoms with E-state index in [0.29, 0.717) is 0 Å². The molecule has 6 aromatic carbocycles. The average Bonchev–Trinajstić information content (AvgIpc) is 3.52. The molecule has 0 aliphatic rings. The first-order valence-corrected chi connectivity index (χ1v) is 14.0. The number of hydrogen-bond acceptors (Lipinski definition) is 2. The Bertz CT molecular complexity index is 2140. The molecule has 184 valence electrons. The fourth-order valence-electron chi connectivity index (χ4n) is 5.94. The van der Waals surface area contributed by atoms with E-state index >= 15 is 0 Å². The molecule has 2 heterocycles.